The second-order valence-corrected chi connectivity index (χ2v) is 6.81. The van der Waals surface area contributed by atoms with E-state index < -0.39 is 0 Å². The van der Waals surface area contributed by atoms with Crippen molar-refractivity contribution in [1.82, 2.24) is 0 Å². The topological polar surface area (TPSA) is 35.2 Å². The van der Waals surface area contributed by atoms with E-state index in [9.17, 15) is 0 Å². The summed E-state index contributed by atoms with van der Waals surface area (Å²) in [7, 11) is 0. The maximum absolute atomic E-state index is 6.41. The third-order valence-electron chi connectivity index (χ3n) is 4.65. The highest BCUT2D eigenvalue weighted by atomic mass is 16.5. The zero-order chi connectivity index (χ0) is 14.7. The van der Waals surface area contributed by atoms with E-state index >= 15 is 0 Å². The van der Waals surface area contributed by atoms with Gasteiger partial charge in [-0.25, -0.2) is 0 Å². The van der Waals surface area contributed by atoms with Crippen molar-refractivity contribution in [2.24, 2.45) is 23.5 Å². The van der Waals surface area contributed by atoms with E-state index in [0.29, 0.717) is 17.9 Å². The summed E-state index contributed by atoms with van der Waals surface area (Å²) in [4.78, 5) is 0. The van der Waals surface area contributed by atoms with Crippen LogP contribution < -0.4 is 10.5 Å². The number of hydrogen-bond acceptors (Lipinski definition) is 2. The molecule has 1 fully saturated rings. The molecule has 0 radical (unpaired) electrons. The monoisotopic (exact) mass is 275 g/mol. The molecule has 0 bridgehead atoms. The predicted molar refractivity (Wildman–Crippen MR) is 84.8 cm³/mol. The van der Waals surface area contributed by atoms with E-state index in [1.165, 1.54) is 12.8 Å². The largest absolute Gasteiger partial charge is 0.490 e. The van der Waals surface area contributed by atoms with Gasteiger partial charge in [0.15, 0.2) is 0 Å². The quantitative estimate of drug-likeness (QED) is 0.875. The average molecular weight is 275 g/mol. The Kier molecular flexibility index (Phi) is 5.09. The molecule has 0 aromatic heterocycles. The first-order chi connectivity index (χ1) is 9.49. The van der Waals surface area contributed by atoms with Crippen LogP contribution in [0.4, 0.5) is 0 Å². The number of hydrogen-bond donors (Lipinski definition) is 1. The molecule has 0 heterocycles. The van der Waals surface area contributed by atoms with Crippen LogP contribution in [-0.4, -0.2) is 6.10 Å². The molecule has 1 saturated carbocycles. The Morgan fingerprint density at radius 3 is 2.50 bits per heavy atom. The zero-order valence-electron chi connectivity index (χ0n) is 13.3. The summed E-state index contributed by atoms with van der Waals surface area (Å²) in [5.41, 5.74) is 7.18. The fourth-order valence-corrected chi connectivity index (χ4v) is 3.38. The van der Waals surface area contributed by atoms with Gasteiger partial charge in [0.2, 0.25) is 0 Å². The highest BCUT2D eigenvalue weighted by Crippen LogP contribution is 2.37. The third kappa shape index (κ3) is 3.54. The Morgan fingerprint density at radius 2 is 1.85 bits per heavy atom. The van der Waals surface area contributed by atoms with Crippen molar-refractivity contribution in [3.05, 3.63) is 29.8 Å². The van der Waals surface area contributed by atoms with E-state index in [-0.39, 0.29) is 6.04 Å². The Morgan fingerprint density at radius 1 is 1.15 bits per heavy atom. The van der Waals surface area contributed by atoms with Crippen LogP contribution in [0.25, 0.3) is 0 Å². The molecule has 2 rings (SSSR count). The van der Waals surface area contributed by atoms with Gasteiger partial charge in [0.1, 0.15) is 11.9 Å². The van der Waals surface area contributed by atoms with Crippen molar-refractivity contribution in [2.45, 2.75) is 59.1 Å². The van der Waals surface area contributed by atoms with E-state index in [1.807, 2.05) is 19.1 Å². The first kappa shape index (κ1) is 15.4. The molecule has 0 aliphatic heterocycles. The van der Waals surface area contributed by atoms with Gasteiger partial charge in [0.25, 0.3) is 0 Å². The van der Waals surface area contributed by atoms with Crippen LogP contribution in [0.15, 0.2) is 24.3 Å². The maximum atomic E-state index is 6.41. The molecular formula is C18H29NO. The fourth-order valence-electron chi connectivity index (χ4n) is 3.38. The van der Waals surface area contributed by atoms with E-state index in [1.54, 1.807) is 0 Å². The van der Waals surface area contributed by atoms with Crippen molar-refractivity contribution in [1.29, 1.82) is 0 Å². The standard InChI is InChI=1S/C18H29NO/c1-12(2)15-10-9-13(3)11-18(15)20-17-8-6-5-7-16(17)14(4)19/h5-8,12-15,18H,9-11,19H2,1-4H3/t13?,14-,15?,18?/m0/s1. The minimum Gasteiger partial charge on any atom is -0.490 e. The van der Waals surface area contributed by atoms with Gasteiger partial charge in [0, 0.05) is 11.6 Å². The number of rotatable bonds is 4. The fraction of sp³-hybridized carbons (Fsp3) is 0.667. The summed E-state index contributed by atoms with van der Waals surface area (Å²) in [5, 5.41) is 0. The first-order valence-corrected chi connectivity index (χ1v) is 8.00. The van der Waals surface area contributed by atoms with Crippen LogP contribution in [0, 0.1) is 17.8 Å². The molecule has 20 heavy (non-hydrogen) atoms. The van der Waals surface area contributed by atoms with E-state index in [4.69, 9.17) is 10.5 Å². The van der Waals surface area contributed by atoms with Crippen molar-refractivity contribution in [2.75, 3.05) is 0 Å². The number of ether oxygens (including phenoxy) is 1. The SMILES string of the molecule is CC1CCC(C(C)C)C(Oc2ccccc2[C@H](C)N)C1. The summed E-state index contributed by atoms with van der Waals surface area (Å²) in [6.07, 6.45) is 4.11. The van der Waals surface area contributed by atoms with Crippen molar-refractivity contribution >= 4 is 0 Å². The summed E-state index contributed by atoms with van der Waals surface area (Å²) >= 11 is 0. The highest BCUT2D eigenvalue weighted by Gasteiger charge is 2.32. The molecule has 1 aromatic carbocycles. The van der Waals surface area contributed by atoms with Crippen LogP contribution in [0.3, 0.4) is 0 Å². The normalized spacial score (nSPS) is 28.4. The molecule has 0 amide bonds. The van der Waals surface area contributed by atoms with Gasteiger partial charge in [-0.3, -0.25) is 0 Å². The molecule has 4 atom stereocenters. The second-order valence-electron chi connectivity index (χ2n) is 6.81. The van der Waals surface area contributed by atoms with Crippen molar-refractivity contribution in [3.63, 3.8) is 0 Å². The lowest BCUT2D eigenvalue weighted by molar-refractivity contribution is 0.0451. The van der Waals surface area contributed by atoms with Crippen LogP contribution in [0.1, 0.15) is 58.6 Å². The lowest BCUT2D eigenvalue weighted by atomic mass is 9.75. The molecule has 2 nitrogen and oxygen atoms in total. The van der Waals surface area contributed by atoms with Gasteiger partial charge in [-0.1, -0.05) is 45.4 Å². The van der Waals surface area contributed by atoms with Crippen LogP contribution >= 0.6 is 0 Å². The number of nitrogens with two attached hydrogens (primary N) is 1. The van der Waals surface area contributed by atoms with E-state index in [2.05, 4.69) is 32.9 Å². The maximum Gasteiger partial charge on any atom is 0.124 e. The van der Waals surface area contributed by atoms with Crippen molar-refractivity contribution < 1.29 is 4.74 Å². The molecule has 2 N–H and O–H groups in total. The summed E-state index contributed by atoms with van der Waals surface area (Å²) < 4.78 is 6.41. The van der Waals surface area contributed by atoms with Gasteiger partial charge in [0.05, 0.1) is 0 Å². The van der Waals surface area contributed by atoms with Gasteiger partial charge in [-0.2, -0.15) is 0 Å². The highest BCUT2D eigenvalue weighted by molar-refractivity contribution is 5.35. The van der Waals surface area contributed by atoms with E-state index in [0.717, 1.165) is 23.7 Å². The zero-order valence-corrected chi connectivity index (χ0v) is 13.3. The molecule has 2 heteroatoms. The first-order valence-electron chi connectivity index (χ1n) is 8.00. The van der Waals surface area contributed by atoms with Gasteiger partial charge in [-0.15, -0.1) is 0 Å². The molecule has 0 spiro atoms. The smallest absolute Gasteiger partial charge is 0.124 e. The van der Waals surface area contributed by atoms with Gasteiger partial charge in [-0.05, 0) is 43.6 Å². The predicted octanol–water partition coefficient (Wildman–Crippen LogP) is 4.55. The second kappa shape index (κ2) is 6.62. The Hall–Kier alpha value is -1.02. The van der Waals surface area contributed by atoms with Crippen LogP contribution in [0.5, 0.6) is 5.75 Å². The molecule has 1 aliphatic carbocycles. The summed E-state index contributed by atoms with van der Waals surface area (Å²) in [6, 6.07) is 8.24. The average Bonchev–Trinajstić information content (AvgIpc) is 2.38. The van der Waals surface area contributed by atoms with Crippen LogP contribution in [-0.2, 0) is 0 Å². The molecule has 112 valence electrons. The molecule has 3 unspecified atom stereocenters. The Balaban J connectivity index is 2.18. The third-order valence-corrected chi connectivity index (χ3v) is 4.65. The molecule has 1 aromatic rings. The van der Waals surface area contributed by atoms with Gasteiger partial charge >= 0.3 is 0 Å². The summed E-state index contributed by atoms with van der Waals surface area (Å²) in [6.45, 7) is 8.99. The minimum atomic E-state index is 0.0183. The van der Waals surface area contributed by atoms with Crippen molar-refractivity contribution in [3.8, 4) is 5.75 Å². The molecular weight excluding hydrogens is 246 g/mol. The van der Waals surface area contributed by atoms with Crippen LogP contribution in [0.2, 0.25) is 0 Å². The molecule has 0 saturated heterocycles. The minimum absolute atomic E-state index is 0.0183. The lowest BCUT2D eigenvalue weighted by Gasteiger charge is -2.37. The lowest BCUT2D eigenvalue weighted by Crippen LogP contribution is -2.36. The number of para-hydroxylation sites is 1. The Bertz CT molecular complexity index is 427. The van der Waals surface area contributed by atoms with Gasteiger partial charge < -0.3 is 10.5 Å². The summed E-state index contributed by atoms with van der Waals surface area (Å²) in [5.74, 6) is 3.08. The molecule has 1 aliphatic rings. The number of benzene rings is 1. The Labute approximate surface area is 123 Å².